The minimum atomic E-state index is -1.80. The first kappa shape index (κ1) is 10.6. The van der Waals surface area contributed by atoms with Crippen LogP contribution in [-0.4, -0.2) is 22.2 Å². The number of hydrogen-bond acceptors (Lipinski definition) is 2. The lowest BCUT2D eigenvalue weighted by atomic mass is 9.84. The molecule has 1 atom stereocenters. The van der Waals surface area contributed by atoms with Crippen LogP contribution in [0, 0.1) is 11.8 Å². The van der Waals surface area contributed by atoms with Gasteiger partial charge in [0.1, 0.15) is 0 Å². The molecule has 1 aliphatic rings. The lowest BCUT2D eigenvalue weighted by Crippen LogP contribution is -2.30. The molecular formula is C15H14O4. The van der Waals surface area contributed by atoms with Crippen molar-refractivity contribution in [3.63, 3.8) is 0 Å². The monoisotopic (exact) mass is 260 g/mol. The Kier molecular flexibility index (Phi) is 3.07. The van der Waals surface area contributed by atoms with E-state index in [1.165, 1.54) is 6.08 Å². The fourth-order valence-corrected chi connectivity index (χ4v) is 1.99. The van der Waals surface area contributed by atoms with E-state index in [0.717, 1.165) is 11.1 Å². The summed E-state index contributed by atoms with van der Waals surface area (Å²) in [5.74, 6) is -6.53. The topological polar surface area (TPSA) is 74.6 Å². The lowest BCUT2D eigenvalue weighted by Gasteiger charge is -2.19. The molecule has 1 aromatic carbocycles. The molecule has 0 heterocycles. The Hall–Kier alpha value is -2.36. The van der Waals surface area contributed by atoms with Gasteiger partial charge in [0.25, 0.3) is 0 Å². The summed E-state index contributed by atoms with van der Waals surface area (Å²) >= 11 is 0. The predicted octanol–water partition coefficient (Wildman–Crippen LogP) is 2.43. The molecule has 0 aliphatic heterocycles. The molecule has 0 spiro atoms. The highest BCUT2D eigenvalue weighted by Crippen LogP contribution is 2.28. The molecule has 2 N–H and O–H groups in total. The molecule has 0 saturated heterocycles. The summed E-state index contributed by atoms with van der Waals surface area (Å²) in [5, 5.41) is 18.0. The largest absolute Gasteiger partial charge is 0.481 e. The number of allylic oxidation sites excluding steroid dienone is 4. The zero-order chi connectivity index (χ0) is 15.6. The average Bonchev–Trinajstić information content (AvgIpc) is 2.39. The van der Waals surface area contributed by atoms with Crippen molar-refractivity contribution >= 4 is 17.5 Å². The lowest BCUT2D eigenvalue weighted by molar-refractivity contribution is -0.156. The van der Waals surface area contributed by atoms with Gasteiger partial charge < -0.3 is 10.2 Å². The van der Waals surface area contributed by atoms with Gasteiger partial charge in [-0.05, 0) is 17.6 Å². The van der Waals surface area contributed by atoms with Gasteiger partial charge in [0.05, 0.1) is 1.37 Å². The Labute approximate surface area is 113 Å². The number of carboxylic acid groups (broad SMARTS) is 2. The quantitative estimate of drug-likeness (QED) is 0.815. The minimum Gasteiger partial charge on any atom is -0.481 e. The molecule has 0 amide bonds. The highest BCUT2D eigenvalue weighted by atomic mass is 16.4. The van der Waals surface area contributed by atoms with Crippen molar-refractivity contribution in [3.05, 3.63) is 54.1 Å². The zero-order valence-corrected chi connectivity index (χ0v) is 10.0. The van der Waals surface area contributed by atoms with Crippen molar-refractivity contribution in [1.29, 1.82) is 0 Å². The van der Waals surface area contributed by atoms with Crippen molar-refractivity contribution < 1.29 is 22.5 Å². The predicted molar refractivity (Wildman–Crippen MR) is 70.4 cm³/mol. The van der Waals surface area contributed by atoms with Gasteiger partial charge in [-0.3, -0.25) is 9.59 Å². The van der Waals surface area contributed by atoms with Gasteiger partial charge in [-0.2, -0.15) is 0 Å². The third-order valence-corrected chi connectivity index (χ3v) is 2.95. The van der Waals surface area contributed by atoms with E-state index in [2.05, 4.69) is 0 Å². The molecule has 4 heteroatoms. The molecule has 0 fully saturated rings. The zero-order valence-electron chi connectivity index (χ0n) is 12.0. The first-order valence-corrected chi connectivity index (χ1v) is 5.75. The molecule has 0 saturated carbocycles. The van der Waals surface area contributed by atoms with Gasteiger partial charge in [-0.15, -0.1) is 0 Å². The average molecular weight is 260 g/mol. The van der Waals surface area contributed by atoms with Crippen LogP contribution in [0.5, 0.6) is 0 Å². The number of hydrogen-bond donors (Lipinski definition) is 2. The molecule has 2 rings (SSSR count). The molecular weight excluding hydrogens is 244 g/mol. The van der Waals surface area contributed by atoms with Crippen molar-refractivity contribution in [2.75, 3.05) is 0 Å². The Bertz CT molecular complexity index is 620. The van der Waals surface area contributed by atoms with Gasteiger partial charge >= 0.3 is 11.9 Å². The van der Waals surface area contributed by atoms with Gasteiger partial charge in [0.15, 0.2) is 5.92 Å². The maximum atomic E-state index is 11.1. The van der Waals surface area contributed by atoms with Crippen LogP contribution in [0.15, 0.2) is 48.5 Å². The van der Waals surface area contributed by atoms with Crippen LogP contribution in [0.2, 0.25) is 0 Å². The van der Waals surface area contributed by atoms with Crippen molar-refractivity contribution in [2.24, 2.45) is 11.8 Å². The van der Waals surface area contributed by atoms with Crippen LogP contribution < -0.4 is 0 Å². The molecule has 1 aliphatic carbocycles. The smallest absolute Gasteiger partial charge is 0.318 e. The summed E-state index contributed by atoms with van der Waals surface area (Å²) in [7, 11) is 0. The first-order chi connectivity index (χ1) is 9.83. The van der Waals surface area contributed by atoms with Crippen LogP contribution in [0.4, 0.5) is 0 Å². The Morgan fingerprint density at radius 1 is 1.32 bits per heavy atom. The first-order valence-electron chi connectivity index (χ1n) is 6.75. The van der Waals surface area contributed by atoms with Gasteiger partial charge in [-0.25, -0.2) is 0 Å². The molecule has 1 unspecified atom stereocenters. The number of carboxylic acids is 2. The Morgan fingerprint density at radius 3 is 2.42 bits per heavy atom. The molecule has 0 bridgehead atoms. The van der Waals surface area contributed by atoms with Crippen LogP contribution in [0.25, 0.3) is 5.57 Å². The number of aliphatic carboxylic acids is 2. The molecule has 4 nitrogen and oxygen atoms in total. The van der Waals surface area contributed by atoms with E-state index in [-0.39, 0.29) is 6.42 Å². The summed E-state index contributed by atoms with van der Waals surface area (Å²) in [6.45, 7) is 0. The summed E-state index contributed by atoms with van der Waals surface area (Å²) in [6.07, 6.45) is 4.55. The van der Waals surface area contributed by atoms with Crippen LogP contribution in [0.1, 0.15) is 14.7 Å². The van der Waals surface area contributed by atoms with Crippen molar-refractivity contribution in [1.82, 2.24) is 0 Å². The highest BCUT2D eigenvalue weighted by Gasteiger charge is 2.33. The minimum absolute atomic E-state index is 0.00469. The highest BCUT2D eigenvalue weighted by molar-refractivity contribution is 5.93. The molecule has 19 heavy (non-hydrogen) atoms. The summed E-state index contributed by atoms with van der Waals surface area (Å²) in [6, 6.07) is 7.14. The van der Waals surface area contributed by atoms with Crippen LogP contribution in [-0.2, 0) is 9.59 Å². The number of carbonyl (C=O) groups is 2. The van der Waals surface area contributed by atoms with E-state index in [1.807, 2.05) is 0 Å². The third kappa shape index (κ3) is 2.91. The summed E-state index contributed by atoms with van der Waals surface area (Å²) in [4.78, 5) is 22.1. The fraction of sp³-hybridized carbons (Fsp3) is 0.200. The van der Waals surface area contributed by atoms with E-state index >= 15 is 0 Å². The van der Waals surface area contributed by atoms with E-state index in [9.17, 15) is 9.59 Å². The molecule has 0 radical (unpaired) electrons. The molecule has 0 aromatic heterocycles. The van der Waals surface area contributed by atoms with E-state index in [0.29, 0.717) is 6.04 Å². The van der Waals surface area contributed by atoms with E-state index < -0.39 is 23.8 Å². The normalized spacial score (nSPS) is 23.5. The van der Waals surface area contributed by atoms with Gasteiger partial charge in [0, 0.05) is 7.26 Å². The van der Waals surface area contributed by atoms with Crippen molar-refractivity contribution in [3.8, 4) is 0 Å². The van der Waals surface area contributed by atoms with Crippen LogP contribution >= 0.6 is 0 Å². The third-order valence-electron chi connectivity index (χ3n) is 2.95. The standard InChI is InChI=1S/C15H14O4/c16-14(17)13(15(18)19)12-8-6-11(7-9-12)10-4-2-1-3-5-10/h1-8,12-13H,9H2,(H,16,17)(H,18,19)/i1D,12D. The molecule has 98 valence electrons. The number of rotatable bonds is 4. The van der Waals surface area contributed by atoms with E-state index in [1.54, 1.807) is 36.4 Å². The fourth-order valence-electron chi connectivity index (χ4n) is 1.99. The summed E-state index contributed by atoms with van der Waals surface area (Å²) in [5.41, 5.74) is 1.62. The van der Waals surface area contributed by atoms with Crippen molar-refractivity contribution in [2.45, 2.75) is 6.42 Å². The van der Waals surface area contributed by atoms with Gasteiger partial charge in [-0.1, -0.05) is 48.5 Å². The second-order valence-corrected chi connectivity index (χ2v) is 4.17. The number of benzene rings is 1. The second kappa shape index (κ2) is 5.52. The second-order valence-electron chi connectivity index (χ2n) is 4.17. The maximum absolute atomic E-state index is 11.1. The Morgan fingerprint density at radius 2 is 1.95 bits per heavy atom. The van der Waals surface area contributed by atoms with E-state index in [4.69, 9.17) is 13.0 Å². The SMILES string of the molecule is [2H]c1ccc(C2=CCC([2H])(C(C(=O)O)C(=O)O)C=C2)cc1. The van der Waals surface area contributed by atoms with Gasteiger partial charge in [0.2, 0.25) is 0 Å². The van der Waals surface area contributed by atoms with Crippen LogP contribution in [0.3, 0.4) is 0 Å². The molecule has 1 aromatic rings. The Balaban J connectivity index is 2.25. The maximum Gasteiger partial charge on any atom is 0.318 e. The summed E-state index contributed by atoms with van der Waals surface area (Å²) < 4.78 is 15.5.